The zero-order valence-corrected chi connectivity index (χ0v) is 23.9. The van der Waals surface area contributed by atoms with Crippen LogP contribution in [0, 0.1) is 62.6 Å². The van der Waals surface area contributed by atoms with Crippen molar-refractivity contribution in [2.45, 2.75) is 112 Å². The van der Waals surface area contributed by atoms with Gasteiger partial charge in [-0.15, -0.1) is 0 Å². The summed E-state index contributed by atoms with van der Waals surface area (Å²) in [6.45, 7) is 21.5. The van der Waals surface area contributed by atoms with Crippen LogP contribution in [0.4, 0.5) is 0 Å². The van der Waals surface area contributed by atoms with E-state index in [1.807, 2.05) is 0 Å². The molecule has 0 saturated heterocycles. The van der Waals surface area contributed by atoms with E-state index in [1.54, 1.807) is 0 Å². The van der Waals surface area contributed by atoms with Gasteiger partial charge in [0.1, 0.15) is 0 Å². The highest BCUT2D eigenvalue weighted by atomic mass is 16.5. The molecule has 0 aliphatic heterocycles. The minimum absolute atomic E-state index is 0.0991. The van der Waals surface area contributed by atoms with Crippen LogP contribution in [0.2, 0.25) is 0 Å². The number of hydrogen-bond acceptors (Lipinski definition) is 3. The Labute approximate surface area is 214 Å². The number of rotatable bonds is 2. The van der Waals surface area contributed by atoms with Crippen LogP contribution in [0.25, 0.3) is 0 Å². The van der Waals surface area contributed by atoms with E-state index in [-0.39, 0.29) is 33.5 Å². The van der Waals surface area contributed by atoms with Crippen molar-refractivity contribution in [2.75, 3.05) is 7.11 Å². The summed E-state index contributed by atoms with van der Waals surface area (Å²) in [5.74, 6) is 2.67. The average molecular weight is 485 g/mol. The van der Waals surface area contributed by atoms with Crippen LogP contribution in [0.1, 0.15) is 106 Å². The lowest BCUT2D eigenvalue weighted by molar-refractivity contribution is -0.263. The molecule has 0 radical (unpaired) electrons. The molecule has 198 valence electrons. The fraction of sp³-hybridized carbons (Fsp3) is 0.906. The number of carbonyl (C=O) groups is 1. The second-order valence-electron chi connectivity index (χ2n) is 15.3. The van der Waals surface area contributed by atoms with Crippen LogP contribution in [-0.4, -0.2) is 24.3 Å². The number of esters is 1. The summed E-state index contributed by atoms with van der Waals surface area (Å²) in [6, 6.07) is 0. The molecule has 0 amide bonds. The van der Waals surface area contributed by atoms with Gasteiger partial charge in [-0.2, -0.15) is 0 Å². The predicted molar refractivity (Wildman–Crippen MR) is 142 cm³/mol. The number of fused-ring (bicyclic) bond motifs is 7. The highest BCUT2D eigenvalue weighted by Crippen LogP contribution is 2.78. The van der Waals surface area contributed by atoms with Gasteiger partial charge in [-0.1, -0.05) is 53.7 Å². The molecule has 5 aliphatic carbocycles. The lowest BCUT2D eigenvalue weighted by Gasteiger charge is -2.73. The van der Waals surface area contributed by atoms with Crippen molar-refractivity contribution in [3.05, 3.63) is 12.2 Å². The first-order valence-corrected chi connectivity index (χ1v) is 14.6. The Morgan fingerprint density at radius 2 is 1.57 bits per heavy atom. The minimum Gasteiger partial charge on any atom is -0.469 e. The predicted octanol–water partition coefficient (Wildman–Crippen LogP) is 7.42. The molecule has 0 spiro atoms. The zero-order chi connectivity index (χ0) is 25.8. The SMILES string of the molecule is C=C(C)[C@@H]1CC[C@]2(C)CC[C@]3(C)[C@H](CC[C@@H]4[C@@]5(C)C(C(=O)OC)C[C@H](O)C(C)(C)[C@@H]5CC[C@]43C)[C@@H]12. The molecule has 5 rings (SSSR count). The molecule has 0 aromatic carbocycles. The van der Waals surface area contributed by atoms with Crippen molar-refractivity contribution in [2.24, 2.45) is 62.6 Å². The Balaban J connectivity index is 1.60. The van der Waals surface area contributed by atoms with E-state index in [1.165, 1.54) is 57.6 Å². The van der Waals surface area contributed by atoms with Crippen molar-refractivity contribution in [1.82, 2.24) is 0 Å². The van der Waals surface area contributed by atoms with Crippen molar-refractivity contribution < 1.29 is 14.6 Å². The molecule has 11 atom stereocenters. The van der Waals surface area contributed by atoms with Crippen molar-refractivity contribution in [3.63, 3.8) is 0 Å². The quantitative estimate of drug-likeness (QED) is 0.327. The summed E-state index contributed by atoms with van der Waals surface area (Å²) in [5.41, 5.74) is 2.03. The third-order valence-corrected chi connectivity index (χ3v) is 14.1. The number of allylic oxidation sites excluding steroid dienone is 1. The van der Waals surface area contributed by atoms with Crippen LogP contribution < -0.4 is 0 Å². The number of methoxy groups -OCH3 is 1. The van der Waals surface area contributed by atoms with Gasteiger partial charge in [-0.25, -0.2) is 0 Å². The van der Waals surface area contributed by atoms with Gasteiger partial charge in [0, 0.05) is 0 Å². The molecule has 0 bridgehead atoms. The lowest BCUT2D eigenvalue weighted by Crippen LogP contribution is -2.69. The molecule has 5 fully saturated rings. The number of aliphatic hydroxyl groups excluding tert-OH is 1. The molecular formula is C32H52O3. The van der Waals surface area contributed by atoms with Gasteiger partial charge < -0.3 is 9.84 Å². The molecule has 0 heterocycles. The first-order chi connectivity index (χ1) is 16.2. The number of carbonyl (C=O) groups excluding carboxylic acids is 1. The summed E-state index contributed by atoms with van der Waals surface area (Å²) in [6.07, 6.45) is 10.2. The van der Waals surface area contributed by atoms with E-state index >= 15 is 0 Å². The van der Waals surface area contributed by atoms with E-state index in [0.29, 0.717) is 29.6 Å². The van der Waals surface area contributed by atoms with Gasteiger partial charge in [0.15, 0.2) is 0 Å². The normalized spacial score (nSPS) is 54.6. The van der Waals surface area contributed by atoms with Gasteiger partial charge in [0.25, 0.3) is 0 Å². The Hall–Kier alpha value is -0.830. The zero-order valence-electron chi connectivity index (χ0n) is 23.9. The molecule has 3 nitrogen and oxygen atoms in total. The van der Waals surface area contributed by atoms with Crippen LogP contribution in [0.15, 0.2) is 12.2 Å². The van der Waals surface area contributed by atoms with Crippen molar-refractivity contribution >= 4 is 5.97 Å². The first-order valence-electron chi connectivity index (χ1n) is 14.6. The summed E-state index contributed by atoms with van der Waals surface area (Å²) in [5, 5.41) is 11.2. The minimum atomic E-state index is -0.453. The summed E-state index contributed by atoms with van der Waals surface area (Å²) in [7, 11) is 1.53. The van der Waals surface area contributed by atoms with Gasteiger partial charge in [0.2, 0.25) is 0 Å². The summed E-state index contributed by atoms with van der Waals surface area (Å²) in [4.78, 5) is 13.3. The number of aliphatic hydroxyl groups is 1. The molecule has 3 heteroatoms. The van der Waals surface area contributed by atoms with E-state index < -0.39 is 6.10 Å². The van der Waals surface area contributed by atoms with Crippen LogP contribution >= 0.6 is 0 Å². The Bertz CT molecular complexity index is 906. The van der Waals surface area contributed by atoms with Gasteiger partial charge in [0.05, 0.1) is 19.1 Å². The third kappa shape index (κ3) is 3.09. The van der Waals surface area contributed by atoms with Gasteiger partial charge in [-0.3, -0.25) is 4.79 Å². The smallest absolute Gasteiger partial charge is 0.309 e. The van der Waals surface area contributed by atoms with Crippen molar-refractivity contribution in [3.8, 4) is 0 Å². The van der Waals surface area contributed by atoms with Gasteiger partial charge >= 0.3 is 5.97 Å². The number of ether oxygens (including phenoxy) is 1. The third-order valence-electron chi connectivity index (χ3n) is 14.1. The molecular weight excluding hydrogens is 432 g/mol. The first kappa shape index (κ1) is 25.8. The fourth-order valence-electron chi connectivity index (χ4n) is 11.9. The molecule has 5 aliphatic rings. The monoisotopic (exact) mass is 484 g/mol. The standard InChI is InChI=1S/C32H52O3/c1-19(2)20-12-14-29(5)16-17-30(6)21(26(20)29)10-11-24-31(30,7)15-13-23-28(3,4)25(33)18-22(27(34)35-9)32(23,24)8/h20-26,33H,1,10-18H2,2-9H3/t20-,21+,22?,23-,24-,25-,26+,29+,30+,31+,32-/m0/s1. The fourth-order valence-corrected chi connectivity index (χ4v) is 11.9. The maximum Gasteiger partial charge on any atom is 0.309 e. The van der Waals surface area contributed by atoms with E-state index in [2.05, 4.69) is 55.0 Å². The molecule has 0 aromatic heterocycles. The van der Waals surface area contributed by atoms with E-state index in [4.69, 9.17) is 4.74 Å². The highest BCUT2D eigenvalue weighted by molar-refractivity contribution is 5.74. The van der Waals surface area contributed by atoms with Gasteiger partial charge in [-0.05, 0) is 121 Å². The average Bonchev–Trinajstić information content (AvgIpc) is 3.14. The molecule has 1 unspecified atom stereocenters. The van der Waals surface area contributed by atoms with Crippen LogP contribution in [0.5, 0.6) is 0 Å². The van der Waals surface area contributed by atoms with Crippen molar-refractivity contribution in [1.29, 1.82) is 0 Å². The Morgan fingerprint density at radius 1 is 0.886 bits per heavy atom. The Kier molecular flexibility index (Phi) is 5.78. The largest absolute Gasteiger partial charge is 0.469 e. The summed E-state index contributed by atoms with van der Waals surface area (Å²) < 4.78 is 5.42. The molecule has 5 saturated carbocycles. The molecule has 0 aromatic rings. The second-order valence-corrected chi connectivity index (χ2v) is 15.3. The summed E-state index contributed by atoms with van der Waals surface area (Å²) >= 11 is 0. The maximum absolute atomic E-state index is 13.3. The lowest BCUT2D eigenvalue weighted by atomic mass is 9.31. The number of hydrogen-bond donors (Lipinski definition) is 1. The van der Waals surface area contributed by atoms with E-state index in [0.717, 1.165) is 18.3 Å². The van der Waals surface area contributed by atoms with Crippen LogP contribution in [0.3, 0.4) is 0 Å². The Morgan fingerprint density at radius 3 is 2.20 bits per heavy atom. The van der Waals surface area contributed by atoms with E-state index in [9.17, 15) is 9.90 Å². The second kappa shape index (κ2) is 7.84. The maximum atomic E-state index is 13.3. The molecule has 1 N–H and O–H groups in total. The molecule has 35 heavy (non-hydrogen) atoms. The highest BCUT2D eigenvalue weighted by Gasteiger charge is 2.72. The van der Waals surface area contributed by atoms with Crippen LogP contribution in [-0.2, 0) is 9.53 Å². The topological polar surface area (TPSA) is 46.5 Å².